The lowest BCUT2D eigenvalue weighted by Gasteiger charge is -2.19. The molecule has 0 aliphatic heterocycles. The van der Waals surface area contributed by atoms with Gasteiger partial charge in [-0.15, -0.1) is 0 Å². The molecule has 0 heterocycles. The summed E-state index contributed by atoms with van der Waals surface area (Å²) in [6, 6.07) is 7.69. The van der Waals surface area contributed by atoms with E-state index in [9.17, 15) is 5.11 Å². The average molecular weight is 199 g/mol. The molecule has 72 valence electrons. The summed E-state index contributed by atoms with van der Waals surface area (Å²) in [4.78, 5) is 0. The molecule has 13 heavy (non-hydrogen) atoms. The van der Waals surface area contributed by atoms with Crippen LogP contribution in [0.15, 0.2) is 24.3 Å². The van der Waals surface area contributed by atoms with E-state index >= 15 is 0 Å². The first-order valence-corrected chi connectivity index (χ1v) is 4.90. The van der Waals surface area contributed by atoms with E-state index in [-0.39, 0.29) is 12.5 Å². The summed E-state index contributed by atoms with van der Waals surface area (Å²) in [6.07, 6.45) is 0. The minimum atomic E-state index is 0.147. The molecule has 0 aromatic heterocycles. The molecular formula is C11H15ClO. The fraction of sp³-hybridized carbons (Fsp3) is 0.455. The first-order chi connectivity index (χ1) is 6.16. The minimum Gasteiger partial charge on any atom is -0.396 e. The molecule has 0 fully saturated rings. The van der Waals surface area contributed by atoms with Crippen molar-refractivity contribution in [2.75, 3.05) is 6.61 Å². The molecule has 0 radical (unpaired) electrons. The molecule has 0 saturated heterocycles. The van der Waals surface area contributed by atoms with Gasteiger partial charge in [-0.2, -0.15) is 0 Å². The van der Waals surface area contributed by atoms with Gasteiger partial charge in [-0.3, -0.25) is 0 Å². The van der Waals surface area contributed by atoms with Crippen molar-refractivity contribution in [3.05, 3.63) is 34.9 Å². The monoisotopic (exact) mass is 198 g/mol. The Hall–Kier alpha value is -0.530. The van der Waals surface area contributed by atoms with Crippen molar-refractivity contribution in [2.45, 2.75) is 19.8 Å². The zero-order valence-electron chi connectivity index (χ0n) is 8.00. The van der Waals surface area contributed by atoms with Gasteiger partial charge in [0.15, 0.2) is 0 Å². The Morgan fingerprint density at radius 1 is 1.31 bits per heavy atom. The predicted octanol–water partition coefficient (Wildman–Crippen LogP) is 3.07. The van der Waals surface area contributed by atoms with Gasteiger partial charge in [-0.1, -0.05) is 43.6 Å². The van der Waals surface area contributed by atoms with E-state index in [2.05, 4.69) is 13.8 Å². The number of halogens is 1. The van der Waals surface area contributed by atoms with Gasteiger partial charge in [0, 0.05) is 10.9 Å². The Balaban J connectivity index is 2.97. The molecule has 1 rings (SSSR count). The van der Waals surface area contributed by atoms with Gasteiger partial charge in [0.1, 0.15) is 0 Å². The van der Waals surface area contributed by atoms with Crippen molar-refractivity contribution in [1.82, 2.24) is 0 Å². The molecule has 2 heteroatoms. The zero-order chi connectivity index (χ0) is 9.84. The fourth-order valence-corrected chi connectivity index (χ4v) is 1.72. The molecule has 1 aromatic carbocycles. The highest BCUT2D eigenvalue weighted by atomic mass is 35.5. The lowest BCUT2D eigenvalue weighted by molar-refractivity contribution is 0.237. The summed E-state index contributed by atoms with van der Waals surface area (Å²) in [6.45, 7) is 4.33. The average Bonchev–Trinajstić information content (AvgIpc) is 2.09. The van der Waals surface area contributed by atoms with Crippen LogP contribution in [-0.4, -0.2) is 11.7 Å². The Morgan fingerprint density at radius 3 is 2.38 bits per heavy atom. The van der Waals surface area contributed by atoms with E-state index in [1.54, 1.807) is 0 Å². The first kappa shape index (κ1) is 10.6. The second kappa shape index (κ2) is 4.64. The highest BCUT2D eigenvalue weighted by Gasteiger charge is 2.16. The van der Waals surface area contributed by atoms with Crippen LogP contribution in [0.3, 0.4) is 0 Å². The van der Waals surface area contributed by atoms with Gasteiger partial charge in [0.2, 0.25) is 0 Å². The molecule has 0 aliphatic rings. The van der Waals surface area contributed by atoms with Crippen LogP contribution in [0, 0.1) is 5.92 Å². The molecule has 0 amide bonds. The summed E-state index contributed by atoms with van der Waals surface area (Å²) in [5.41, 5.74) is 1.04. The third kappa shape index (κ3) is 2.45. The van der Waals surface area contributed by atoms with E-state index in [1.807, 2.05) is 24.3 Å². The zero-order valence-corrected chi connectivity index (χ0v) is 8.75. The summed E-state index contributed by atoms with van der Waals surface area (Å²) < 4.78 is 0. The SMILES string of the molecule is CC(C)[C@@H](CO)c1ccccc1Cl. The normalized spacial score (nSPS) is 13.3. The Bertz CT molecular complexity index is 271. The highest BCUT2D eigenvalue weighted by molar-refractivity contribution is 6.31. The number of rotatable bonds is 3. The van der Waals surface area contributed by atoms with Gasteiger partial charge >= 0.3 is 0 Å². The smallest absolute Gasteiger partial charge is 0.0502 e. The van der Waals surface area contributed by atoms with Crippen molar-refractivity contribution in [2.24, 2.45) is 5.92 Å². The Labute approximate surface area is 84.4 Å². The topological polar surface area (TPSA) is 20.2 Å². The lowest BCUT2D eigenvalue weighted by Crippen LogP contribution is -2.11. The van der Waals surface area contributed by atoms with Crippen molar-refractivity contribution in [1.29, 1.82) is 0 Å². The lowest BCUT2D eigenvalue weighted by atomic mass is 9.89. The van der Waals surface area contributed by atoms with E-state index in [1.165, 1.54) is 0 Å². The van der Waals surface area contributed by atoms with Crippen LogP contribution in [0.5, 0.6) is 0 Å². The molecule has 0 aliphatic carbocycles. The largest absolute Gasteiger partial charge is 0.396 e. The van der Waals surface area contributed by atoms with Gasteiger partial charge in [0.05, 0.1) is 6.61 Å². The highest BCUT2D eigenvalue weighted by Crippen LogP contribution is 2.29. The maximum Gasteiger partial charge on any atom is 0.0502 e. The van der Waals surface area contributed by atoms with Crippen LogP contribution in [0.4, 0.5) is 0 Å². The number of hydrogen-bond acceptors (Lipinski definition) is 1. The fourth-order valence-electron chi connectivity index (χ4n) is 1.44. The standard InChI is InChI=1S/C11H15ClO/c1-8(2)10(7-13)9-5-3-4-6-11(9)12/h3-6,8,10,13H,7H2,1-2H3/t10-/m1/s1. The summed E-state index contributed by atoms with van der Waals surface area (Å²) in [7, 11) is 0. The number of hydrogen-bond donors (Lipinski definition) is 1. The number of aliphatic hydroxyl groups excluding tert-OH is 1. The van der Waals surface area contributed by atoms with Crippen LogP contribution in [0.25, 0.3) is 0 Å². The van der Waals surface area contributed by atoms with E-state index in [4.69, 9.17) is 11.6 Å². The summed E-state index contributed by atoms with van der Waals surface area (Å²) >= 11 is 6.03. The van der Waals surface area contributed by atoms with Crippen molar-refractivity contribution < 1.29 is 5.11 Å². The minimum absolute atomic E-state index is 0.147. The summed E-state index contributed by atoms with van der Waals surface area (Å²) in [5.74, 6) is 0.554. The molecule has 1 aromatic rings. The van der Waals surface area contributed by atoms with Gasteiger partial charge < -0.3 is 5.11 Å². The quantitative estimate of drug-likeness (QED) is 0.792. The number of aliphatic hydroxyl groups is 1. The van der Waals surface area contributed by atoms with Gasteiger partial charge in [-0.05, 0) is 17.5 Å². The molecule has 0 bridgehead atoms. The van der Waals surface area contributed by atoms with E-state index in [0.29, 0.717) is 5.92 Å². The molecule has 1 atom stereocenters. The molecular weight excluding hydrogens is 184 g/mol. The Morgan fingerprint density at radius 2 is 1.92 bits per heavy atom. The molecule has 0 unspecified atom stereocenters. The summed E-state index contributed by atoms with van der Waals surface area (Å²) in [5, 5.41) is 9.96. The first-order valence-electron chi connectivity index (χ1n) is 4.52. The van der Waals surface area contributed by atoms with Crippen LogP contribution in [0.1, 0.15) is 25.3 Å². The maximum absolute atomic E-state index is 9.22. The molecule has 0 spiro atoms. The van der Waals surface area contributed by atoms with Crippen molar-refractivity contribution >= 4 is 11.6 Å². The van der Waals surface area contributed by atoms with Gasteiger partial charge in [-0.25, -0.2) is 0 Å². The van der Waals surface area contributed by atoms with Crippen molar-refractivity contribution in [3.63, 3.8) is 0 Å². The van der Waals surface area contributed by atoms with E-state index < -0.39 is 0 Å². The third-order valence-corrected chi connectivity index (χ3v) is 2.65. The maximum atomic E-state index is 9.22. The van der Waals surface area contributed by atoms with Crippen LogP contribution < -0.4 is 0 Å². The van der Waals surface area contributed by atoms with Crippen LogP contribution in [-0.2, 0) is 0 Å². The second-order valence-electron chi connectivity index (χ2n) is 3.55. The number of benzene rings is 1. The molecule has 1 nitrogen and oxygen atoms in total. The second-order valence-corrected chi connectivity index (χ2v) is 3.96. The molecule has 1 N–H and O–H groups in total. The van der Waals surface area contributed by atoms with E-state index in [0.717, 1.165) is 10.6 Å². The van der Waals surface area contributed by atoms with Gasteiger partial charge in [0.25, 0.3) is 0 Å². The third-order valence-electron chi connectivity index (χ3n) is 2.31. The molecule has 0 saturated carbocycles. The predicted molar refractivity (Wildman–Crippen MR) is 56.1 cm³/mol. The van der Waals surface area contributed by atoms with Crippen LogP contribution in [0.2, 0.25) is 5.02 Å². The van der Waals surface area contributed by atoms with Crippen LogP contribution >= 0.6 is 11.6 Å². The van der Waals surface area contributed by atoms with Crippen molar-refractivity contribution in [3.8, 4) is 0 Å². The Kier molecular flexibility index (Phi) is 3.76.